The Morgan fingerprint density at radius 2 is 1.80 bits per heavy atom. The van der Waals surface area contributed by atoms with Gasteiger partial charge in [0, 0.05) is 0 Å². The lowest BCUT2D eigenvalue weighted by Crippen LogP contribution is -2.34. The topological polar surface area (TPSA) is 77.8 Å². The van der Waals surface area contributed by atoms with Crippen molar-refractivity contribution < 1.29 is 20.1 Å². The Hall–Kier alpha value is -0.870. The van der Waals surface area contributed by atoms with Crippen molar-refractivity contribution in [2.24, 2.45) is 11.8 Å². The summed E-state index contributed by atoms with van der Waals surface area (Å²) in [6.07, 6.45) is 11.5. The van der Waals surface area contributed by atoms with Gasteiger partial charge in [-0.25, -0.2) is 0 Å². The number of carboxylic acid groups (broad SMARTS) is 1. The summed E-state index contributed by atoms with van der Waals surface area (Å²) in [4.78, 5) is 10.8. The van der Waals surface area contributed by atoms with E-state index in [0.29, 0.717) is 25.2 Å². The third-order valence-corrected chi connectivity index (χ3v) is 5.37. The van der Waals surface area contributed by atoms with Crippen LogP contribution in [0.3, 0.4) is 0 Å². The van der Waals surface area contributed by atoms with Gasteiger partial charge >= 0.3 is 5.97 Å². The van der Waals surface area contributed by atoms with Crippen LogP contribution in [0.25, 0.3) is 0 Å². The van der Waals surface area contributed by atoms with E-state index in [1.54, 1.807) is 0 Å². The predicted octanol–water partition coefficient (Wildman–Crippen LogP) is 4.93. The van der Waals surface area contributed by atoms with E-state index >= 15 is 0 Å². The van der Waals surface area contributed by atoms with E-state index in [1.165, 1.54) is 25.7 Å². The number of rotatable bonds is 15. The fourth-order valence-electron chi connectivity index (χ4n) is 3.33. The summed E-state index contributed by atoms with van der Waals surface area (Å²) < 4.78 is 0. The summed E-state index contributed by atoms with van der Waals surface area (Å²) in [5.74, 6) is -0.555. The van der Waals surface area contributed by atoms with E-state index in [-0.39, 0.29) is 12.3 Å². The van der Waals surface area contributed by atoms with Gasteiger partial charge in [-0.3, -0.25) is 4.79 Å². The van der Waals surface area contributed by atoms with Gasteiger partial charge in [-0.15, -0.1) is 0 Å². The smallest absolute Gasteiger partial charge is 0.305 e. The second kappa shape index (κ2) is 13.3. The fraction of sp³-hybridized carbons (Fsp3) is 0.857. The minimum absolute atomic E-state index is 0.211. The molecule has 0 heterocycles. The summed E-state index contributed by atoms with van der Waals surface area (Å²) in [5, 5.41) is 29.8. The maximum Gasteiger partial charge on any atom is 0.305 e. The molecule has 4 heteroatoms. The maximum atomic E-state index is 10.9. The molecule has 0 aromatic heterocycles. The fourth-order valence-corrected chi connectivity index (χ4v) is 3.33. The van der Waals surface area contributed by atoms with Crippen LogP contribution < -0.4 is 0 Å². The molecule has 0 aliphatic rings. The first-order valence-corrected chi connectivity index (χ1v) is 10.1. The Labute approximate surface area is 154 Å². The number of unbranched alkanes of at least 4 members (excludes halogenated alkanes) is 2. The predicted molar refractivity (Wildman–Crippen MR) is 104 cm³/mol. The molecule has 0 rings (SSSR count). The van der Waals surface area contributed by atoms with Gasteiger partial charge < -0.3 is 15.3 Å². The average Bonchev–Trinajstić information content (AvgIpc) is 2.57. The Kier molecular flexibility index (Phi) is 12.9. The summed E-state index contributed by atoms with van der Waals surface area (Å²) in [6.45, 7) is 8.28. The molecule has 0 amide bonds. The summed E-state index contributed by atoms with van der Waals surface area (Å²) in [7, 11) is 0. The van der Waals surface area contributed by atoms with Crippen molar-refractivity contribution in [3.63, 3.8) is 0 Å². The van der Waals surface area contributed by atoms with Gasteiger partial charge in [0.2, 0.25) is 0 Å². The minimum atomic E-state index is -1.00. The normalized spacial score (nSPS) is 18.0. The van der Waals surface area contributed by atoms with Crippen LogP contribution in [0.4, 0.5) is 0 Å². The third kappa shape index (κ3) is 10.7. The molecule has 0 aliphatic carbocycles. The molecular formula is C21H40O4. The zero-order valence-corrected chi connectivity index (χ0v) is 16.7. The van der Waals surface area contributed by atoms with Crippen LogP contribution in [-0.4, -0.2) is 33.0 Å². The first-order valence-electron chi connectivity index (χ1n) is 10.1. The first-order chi connectivity index (χ1) is 11.8. The van der Waals surface area contributed by atoms with Crippen molar-refractivity contribution in [2.45, 2.75) is 104 Å². The van der Waals surface area contributed by atoms with Crippen LogP contribution in [0, 0.1) is 11.8 Å². The van der Waals surface area contributed by atoms with E-state index in [9.17, 15) is 15.0 Å². The Bertz CT molecular complexity index is 380. The van der Waals surface area contributed by atoms with E-state index < -0.39 is 17.7 Å². The average molecular weight is 357 g/mol. The zero-order valence-electron chi connectivity index (χ0n) is 16.7. The highest BCUT2D eigenvalue weighted by Gasteiger charge is 2.30. The molecule has 25 heavy (non-hydrogen) atoms. The van der Waals surface area contributed by atoms with Crippen molar-refractivity contribution in [2.75, 3.05) is 0 Å². The largest absolute Gasteiger partial charge is 0.481 e. The number of carbonyl (C=O) groups is 1. The van der Waals surface area contributed by atoms with Crippen molar-refractivity contribution in [1.82, 2.24) is 0 Å². The van der Waals surface area contributed by atoms with E-state index in [2.05, 4.69) is 19.9 Å². The number of aliphatic hydroxyl groups is 2. The van der Waals surface area contributed by atoms with Crippen LogP contribution in [-0.2, 0) is 4.79 Å². The molecule has 4 nitrogen and oxygen atoms in total. The number of hydrogen-bond donors (Lipinski definition) is 3. The second-order valence-electron chi connectivity index (χ2n) is 7.40. The van der Waals surface area contributed by atoms with Gasteiger partial charge in [0.15, 0.2) is 0 Å². The lowest BCUT2D eigenvalue weighted by atomic mass is 9.82. The quantitative estimate of drug-likeness (QED) is 0.287. The van der Waals surface area contributed by atoms with Gasteiger partial charge in [-0.1, -0.05) is 78.4 Å². The van der Waals surface area contributed by atoms with Crippen LogP contribution in [0.2, 0.25) is 0 Å². The molecule has 0 aliphatic heterocycles. The minimum Gasteiger partial charge on any atom is -0.481 e. The second-order valence-corrected chi connectivity index (χ2v) is 7.40. The number of hydrogen-bond acceptors (Lipinski definition) is 3. The van der Waals surface area contributed by atoms with Crippen LogP contribution in [0.15, 0.2) is 12.2 Å². The van der Waals surface area contributed by atoms with Crippen molar-refractivity contribution in [1.29, 1.82) is 0 Å². The molecule has 148 valence electrons. The molecule has 0 spiro atoms. The lowest BCUT2D eigenvalue weighted by molar-refractivity contribution is -0.140. The molecule has 0 aromatic rings. The number of allylic oxidation sites excluding steroid dienone is 1. The summed E-state index contributed by atoms with van der Waals surface area (Å²) in [5.41, 5.74) is -0.970. The SMILES string of the molecule is CCCCCC(CC)C/C=C/C(O)(CC)C[C@@H](CC)[C@H](O)CC(=O)O. The number of carboxylic acids is 1. The van der Waals surface area contributed by atoms with Crippen LogP contribution in [0.5, 0.6) is 0 Å². The highest BCUT2D eigenvalue weighted by atomic mass is 16.4. The Morgan fingerprint density at radius 1 is 1.12 bits per heavy atom. The van der Waals surface area contributed by atoms with Gasteiger partial charge in [0.25, 0.3) is 0 Å². The molecule has 0 radical (unpaired) electrons. The summed E-state index contributed by atoms with van der Waals surface area (Å²) in [6, 6.07) is 0. The molecule has 3 N–H and O–H groups in total. The molecule has 0 saturated carbocycles. The molecule has 0 saturated heterocycles. The first kappa shape index (κ1) is 24.1. The van der Waals surface area contributed by atoms with Gasteiger partial charge in [-0.05, 0) is 31.1 Å². The number of aliphatic carboxylic acids is 1. The van der Waals surface area contributed by atoms with E-state index in [0.717, 1.165) is 12.8 Å². The van der Waals surface area contributed by atoms with Crippen molar-refractivity contribution >= 4 is 5.97 Å². The molecule has 0 fully saturated rings. The Balaban J connectivity index is 4.70. The van der Waals surface area contributed by atoms with Gasteiger partial charge in [-0.2, -0.15) is 0 Å². The van der Waals surface area contributed by atoms with Crippen LogP contribution >= 0.6 is 0 Å². The summed E-state index contributed by atoms with van der Waals surface area (Å²) >= 11 is 0. The van der Waals surface area contributed by atoms with Gasteiger partial charge in [0.05, 0.1) is 18.1 Å². The van der Waals surface area contributed by atoms with E-state index in [4.69, 9.17) is 5.11 Å². The molecular weight excluding hydrogens is 316 g/mol. The van der Waals surface area contributed by atoms with Crippen molar-refractivity contribution in [3.8, 4) is 0 Å². The standard InChI is InChI=1S/C21H40O4/c1-5-9-10-12-17(6-2)13-11-14-21(25,8-4)16-18(7-3)19(22)15-20(23)24/h11,14,17-19,22,25H,5-10,12-13,15-16H2,1-4H3,(H,23,24)/b14-11+/t17?,18-,19-,21?/m1/s1. The monoisotopic (exact) mass is 356 g/mol. The molecule has 4 atom stereocenters. The lowest BCUT2D eigenvalue weighted by Gasteiger charge is -2.30. The zero-order chi connectivity index (χ0) is 19.3. The highest BCUT2D eigenvalue weighted by molar-refractivity contribution is 5.67. The molecule has 0 bridgehead atoms. The van der Waals surface area contributed by atoms with E-state index in [1.807, 2.05) is 19.9 Å². The Morgan fingerprint density at radius 3 is 2.28 bits per heavy atom. The van der Waals surface area contributed by atoms with Crippen molar-refractivity contribution in [3.05, 3.63) is 12.2 Å². The van der Waals surface area contributed by atoms with Gasteiger partial charge in [0.1, 0.15) is 0 Å². The number of aliphatic hydroxyl groups excluding tert-OH is 1. The molecule has 0 aromatic carbocycles. The maximum absolute atomic E-state index is 10.9. The highest BCUT2D eigenvalue weighted by Crippen LogP contribution is 2.28. The van der Waals surface area contributed by atoms with Crippen LogP contribution in [0.1, 0.15) is 91.9 Å². The third-order valence-electron chi connectivity index (χ3n) is 5.37. The molecule has 2 unspecified atom stereocenters.